The molecule has 80 valence electrons. The van der Waals surface area contributed by atoms with Crippen molar-refractivity contribution in [2.75, 3.05) is 13.1 Å². The van der Waals surface area contributed by atoms with E-state index in [-0.39, 0.29) is 6.10 Å². The van der Waals surface area contributed by atoms with E-state index in [0.29, 0.717) is 6.04 Å². The van der Waals surface area contributed by atoms with Gasteiger partial charge in [0.25, 0.3) is 0 Å². The monoisotopic (exact) mass is 195 g/mol. The molecule has 14 heavy (non-hydrogen) atoms. The second-order valence-electron chi connectivity index (χ2n) is 4.78. The van der Waals surface area contributed by atoms with Crippen LogP contribution >= 0.6 is 0 Å². The summed E-state index contributed by atoms with van der Waals surface area (Å²) >= 11 is 0. The van der Waals surface area contributed by atoms with Crippen molar-refractivity contribution in [2.24, 2.45) is 5.92 Å². The van der Waals surface area contributed by atoms with Crippen LogP contribution < -0.4 is 0 Å². The Morgan fingerprint density at radius 2 is 2.07 bits per heavy atom. The zero-order chi connectivity index (χ0) is 9.97. The maximum Gasteiger partial charge on any atom is 0.0848 e. The molecule has 2 aliphatic rings. The Hall–Kier alpha value is -0.340. The highest BCUT2D eigenvalue weighted by Gasteiger charge is 2.28. The zero-order valence-electron chi connectivity index (χ0n) is 9.02. The van der Waals surface area contributed by atoms with Gasteiger partial charge >= 0.3 is 0 Å². The Morgan fingerprint density at radius 1 is 1.29 bits per heavy atom. The Balaban J connectivity index is 1.96. The number of aliphatic hydroxyl groups is 1. The molecule has 1 heterocycles. The third kappa shape index (κ3) is 2.18. The van der Waals surface area contributed by atoms with Crippen LogP contribution in [0.4, 0.5) is 0 Å². The van der Waals surface area contributed by atoms with Crippen LogP contribution in [0.25, 0.3) is 0 Å². The number of hydrogen-bond donors (Lipinski definition) is 1. The van der Waals surface area contributed by atoms with E-state index < -0.39 is 0 Å². The average Bonchev–Trinajstić information content (AvgIpc) is 2.18. The van der Waals surface area contributed by atoms with Gasteiger partial charge in [-0.15, -0.1) is 0 Å². The van der Waals surface area contributed by atoms with Gasteiger partial charge in [-0.05, 0) is 18.8 Å². The van der Waals surface area contributed by atoms with E-state index in [4.69, 9.17) is 0 Å². The van der Waals surface area contributed by atoms with Crippen molar-refractivity contribution in [1.82, 2.24) is 4.90 Å². The van der Waals surface area contributed by atoms with Crippen molar-refractivity contribution in [3.8, 4) is 0 Å². The van der Waals surface area contributed by atoms with Gasteiger partial charge in [0.2, 0.25) is 0 Å². The molecule has 0 aromatic rings. The molecule has 0 spiro atoms. The van der Waals surface area contributed by atoms with Crippen molar-refractivity contribution in [2.45, 2.75) is 44.8 Å². The van der Waals surface area contributed by atoms with Gasteiger partial charge in [-0.2, -0.15) is 0 Å². The van der Waals surface area contributed by atoms with Gasteiger partial charge in [0, 0.05) is 19.1 Å². The highest BCUT2D eigenvalue weighted by atomic mass is 16.3. The molecular weight excluding hydrogens is 174 g/mol. The topological polar surface area (TPSA) is 23.5 Å². The lowest BCUT2D eigenvalue weighted by Crippen LogP contribution is -2.46. The molecule has 1 saturated carbocycles. The minimum Gasteiger partial charge on any atom is -0.388 e. The van der Waals surface area contributed by atoms with Crippen molar-refractivity contribution in [3.63, 3.8) is 0 Å². The van der Waals surface area contributed by atoms with Crippen LogP contribution in [0.2, 0.25) is 0 Å². The van der Waals surface area contributed by atoms with Crippen LogP contribution in [0, 0.1) is 5.92 Å². The molecule has 2 rings (SSSR count). The Morgan fingerprint density at radius 3 is 2.79 bits per heavy atom. The first-order valence-corrected chi connectivity index (χ1v) is 5.86. The second-order valence-corrected chi connectivity index (χ2v) is 4.78. The minimum atomic E-state index is -0.238. The standard InChI is InChI=1S/C12H21NO/c1-10-5-2-3-7-12(10)13-8-4-6-11(14)9-13/h4,6,10-12,14H,2-3,5,7-9H2,1H3. The van der Waals surface area contributed by atoms with Gasteiger partial charge in [-0.3, -0.25) is 4.90 Å². The summed E-state index contributed by atoms with van der Waals surface area (Å²) in [6.45, 7) is 4.23. The number of rotatable bonds is 1. The van der Waals surface area contributed by atoms with Crippen LogP contribution in [-0.4, -0.2) is 35.2 Å². The van der Waals surface area contributed by atoms with Crippen LogP contribution in [0.3, 0.4) is 0 Å². The molecule has 0 saturated heterocycles. The molecule has 1 N–H and O–H groups in total. The van der Waals surface area contributed by atoms with Gasteiger partial charge in [-0.25, -0.2) is 0 Å². The molecule has 1 aliphatic heterocycles. The maximum absolute atomic E-state index is 9.57. The fourth-order valence-corrected chi connectivity index (χ4v) is 2.84. The largest absolute Gasteiger partial charge is 0.388 e. The molecule has 0 aromatic heterocycles. The average molecular weight is 195 g/mol. The Kier molecular flexibility index (Phi) is 3.24. The van der Waals surface area contributed by atoms with E-state index in [1.165, 1.54) is 25.7 Å². The lowest BCUT2D eigenvalue weighted by atomic mass is 9.84. The predicted molar refractivity (Wildman–Crippen MR) is 58.1 cm³/mol. The van der Waals surface area contributed by atoms with Crippen molar-refractivity contribution >= 4 is 0 Å². The highest BCUT2D eigenvalue weighted by molar-refractivity contribution is 4.99. The summed E-state index contributed by atoms with van der Waals surface area (Å²) in [4.78, 5) is 2.45. The normalized spacial score (nSPS) is 40.0. The molecule has 0 amide bonds. The second kappa shape index (κ2) is 4.45. The van der Waals surface area contributed by atoms with E-state index in [2.05, 4.69) is 17.9 Å². The summed E-state index contributed by atoms with van der Waals surface area (Å²) in [6.07, 6.45) is 9.23. The highest BCUT2D eigenvalue weighted by Crippen LogP contribution is 2.28. The SMILES string of the molecule is CC1CCCCC1N1CC=CC(O)C1. The summed E-state index contributed by atoms with van der Waals surface area (Å²) in [5.74, 6) is 0.808. The Labute approximate surface area is 86.6 Å². The smallest absolute Gasteiger partial charge is 0.0848 e. The zero-order valence-corrected chi connectivity index (χ0v) is 9.02. The Bertz CT molecular complexity index is 214. The molecule has 0 aromatic carbocycles. The lowest BCUT2D eigenvalue weighted by molar-refractivity contribution is 0.0711. The summed E-state index contributed by atoms with van der Waals surface area (Å²) in [5.41, 5.74) is 0. The molecule has 3 unspecified atom stereocenters. The molecule has 3 atom stereocenters. The van der Waals surface area contributed by atoms with E-state index in [0.717, 1.165) is 19.0 Å². The van der Waals surface area contributed by atoms with E-state index in [1.54, 1.807) is 0 Å². The van der Waals surface area contributed by atoms with E-state index in [1.807, 2.05) is 6.08 Å². The predicted octanol–water partition coefficient (Wildman–Crippen LogP) is 1.80. The van der Waals surface area contributed by atoms with Crippen LogP contribution in [0.15, 0.2) is 12.2 Å². The van der Waals surface area contributed by atoms with Crippen LogP contribution in [0.5, 0.6) is 0 Å². The molecule has 1 fully saturated rings. The molecule has 0 radical (unpaired) electrons. The summed E-state index contributed by atoms with van der Waals surface area (Å²) in [7, 11) is 0. The molecule has 2 nitrogen and oxygen atoms in total. The summed E-state index contributed by atoms with van der Waals surface area (Å²) in [6, 6.07) is 0.711. The van der Waals surface area contributed by atoms with Crippen molar-refractivity contribution in [3.05, 3.63) is 12.2 Å². The molecule has 0 bridgehead atoms. The number of β-amino-alcohol motifs (C(OH)–C–C–N with tert-alkyl or cyclic N) is 1. The first-order valence-electron chi connectivity index (χ1n) is 5.86. The third-order valence-corrected chi connectivity index (χ3v) is 3.65. The number of hydrogen-bond acceptors (Lipinski definition) is 2. The third-order valence-electron chi connectivity index (χ3n) is 3.65. The molecule has 2 heteroatoms. The van der Waals surface area contributed by atoms with E-state index >= 15 is 0 Å². The summed E-state index contributed by atoms with van der Waals surface area (Å²) < 4.78 is 0. The van der Waals surface area contributed by atoms with Gasteiger partial charge < -0.3 is 5.11 Å². The fourth-order valence-electron chi connectivity index (χ4n) is 2.84. The van der Waals surface area contributed by atoms with Crippen molar-refractivity contribution in [1.29, 1.82) is 0 Å². The van der Waals surface area contributed by atoms with Gasteiger partial charge in [0.05, 0.1) is 6.10 Å². The first kappa shape index (κ1) is 10.2. The van der Waals surface area contributed by atoms with E-state index in [9.17, 15) is 5.11 Å². The molecular formula is C12H21NO. The molecule has 1 aliphatic carbocycles. The summed E-state index contributed by atoms with van der Waals surface area (Å²) in [5, 5.41) is 9.57. The van der Waals surface area contributed by atoms with Gasteiger partial charge in [0.1, 0.15) is 0 Å². The van der Waals surface area contributed by atoms with Crippen molar-refractivity contribution < 1.29 is 5.11 Å². The van der Waals surface area contributed by atoms with Gasteiger partial charge in [0.15, 0.2) is 0 Å². The fraction of sp³-hybridized carbons (Fsp3) is 0.833. The first-order chi connectivity index (χ1) is 6.77. The van der Waals surface area contributed by atoms with Crippen LogP contribution in [0.1, 0.15) is 32.6 Å². The number of nitrogens with zero attached hydrogens (tertiary/aromatic N) is 1. The quantitative estimate of drug-likeness (QED) is 0.645. The minimum absolute atomic E-state index is 0.238. The van der Waals surface area contributed by atoms with Gasteiger partial charge in [-0.1, -0.05) is 31.9 Å². The van der Waals surface area contributed by atoms with Crippen LogP contribution in [-0.2, 0) is 0 Å². The lowest BCUT2D eigenvalue weighted by Gasteiger charge is -2.40. The number of aliphatic hydroxyl groups excluding tert-OH is 1. The maximum atomic E-state index is 9.57.